The molecule has 0 heterocycles. The van der Waals surface area contributed by atoms with E-state index < -0.39 is 0 Å². The summed E-state index contributed by atoms with van der Waals surface area (Å²) in [5.74, 6) is 0.451. The highest BCUT2D eigenvalue weighted by Crippen LogP contribution is 2.19. The molecule has 2 rings (SSSR count). The molecule has 0 spiro atoms. The van der Waals surface area contributed by atoms with Crippen LogP contribution in [0.4, 0.5) is 4.39 Å². The summed E-state index contributed by atoms with van der Waals surface area (Å²) in [6.45, 7) is 4.41. The van der Waals surface area contributed by atoms with Crippen LogP contribution in [0.5, 0.6) is 0 Å². The summed E-state index contributed by atoms with van der Waals surface area (Å²) in [5.41, 5.74) is 3.07. The number of hydrogen-bond donors (Lipinski definition) is 0. The molecule has 0 saturated carbocycles. The Kier molecular flexibility index (Phi) is 4.60. The van der Waals surface area contributed by atoms with Gasteiger partial charge in [0.1, 0.15) is 5.82 Å². The topological polar surface area (TPSA) is 0 Å². The van der Waals surface area contributed by atoms with Crippen LogP contribution in [0, 0.1) is 11.7 Å². The number of benzene rings is 2. The number of halogens is 2. The van der Waals surface area contributed by atoms with Crippen molar-refractivity contribution in [3.63, 3.8) is 0 Å². The SMILES string of the molecule is CC(C)Cc1ccc(Cc2cc(Cl)ccc2F)cc1. The molecule has 2 aromatic carbocycles. The zero-order valence-corrected chi connectivity index (χ0v) is 12.0. The van der Waals surface area contributed by atoms with E-state index in [1.807, 2.05) is 0 Å². The van der Waals surface area contributed by atoms with Gasteiger partial charge in [0.05, 0.1) is 0 Å². The number of rotatable bonds is 4. The molecule has 0 N–H and O–H groups in total. The van der Waals surface area contributed by atoms with Gasteiger partial charge in [-0.15, -0.1) is 0 Å². The molecule has 100 valence electrons. The Morgan fingerprint density at radius 3 is 2.26 bits per heavy atom. The first kappa shape index (κ1) is 14.1. The molecule has 0 aliphatic carbocycles. The molecule has 0 nitrogen and oxygen atoms in total. The molecule has 0 aliphatic rings. The van der Waals surface area contributed by atoms with E-state index in [-0.39, 0.29) is 5.82 Å². The van der Waals surface area contributed by atoms with E-state index in [9.17, 15) is 4.39 Å². The van der Waals surface area contributed by atoms with Crippen LogP contribution in [-0.2, 0) is 12.8 Å². The van der Waals surface area contributed by atoms with E-state index in [2.05, 4.69) is 38.1 Å². The minimum atomic E-state index is -0.198. The standard InChI is InChI=1S/C17H18ClF/c1-12(2)9-13-3-5-14(6-4-13)10-15-11-16(18)7-8-17(15)19/h3-8,11-12H,9-10H2,1-2H3. The van der Waals surface area contributed by atoms with Crippen LogP contribution in [0.25, 0.3) is 0 Å². The van der Waals surface area contributed by atoms with E-state index >= 15 is 0 Å². The summed E-state index contributed by atoms with van der Waals surface area (Å²) >= 11 is 5.90. The third kappa shape index (κ3) is 4.07. The maximum absolute atomic E-state index is 13.6. The smallest absolute Gasteiger partial charge is 0.126 e. The van der Waals surface area contributed by atoms with Gasteiger partial charge >= 0.3 is 0 Å². The first-order valence-corrected chi connectivity index (χ1v) is 6.94. The first-order valence-electron chi connectivity index (χ1n) is 6.56. The summed E-state index contributed by atoms with van der Waals surface area (Å²) in [7, 11) is 0. The van der Waals surface area contributed by atoms with E-state index in [1.54, 1.807) is 12.1 Å². The molecule has 0 radical (unpaired) electrons. The maximum atomic E-state index is 13.6. The fourth-order valence-corrected chi connectivity index (χ4v) is 2.36. The third-order valence-electron chi connectivity index (χ3n) is 3.07. The lowest BCUT2D eigenvalue weighted by Crippen LogP contribution is -1.96. The van der Waals surface area contributed by atoms with Crippen LogP contribution in [0.2, 0.25) is 5.02 Å². The molecular weight excluding hydrogens is 259 g/mol. The normalized spacial score (nSPS) is 11.0. The van der Waals surface area contributed by atoms with Crippen LogP contribution in [-0.4, -0.2) is 0 Å². The lowest BCUT2D eigenvalue weighted by molar-refractivity contribution is 0.614. The molecule has 0 atom stereocenters. The molecule has 0 fully saturated rings. The highest BCUT2D eigenvalue weighted by atomic mass is 35.5. The minimum absolute atomic E-state index is 0.198. The van der Waals surface area contributed by atoms with Crippen molar-refractivity contribution < 1.29 is 4.39 Å². The second-order valence-corrected chi connectivity index (χ2v) is 5.76. The summed E-state index contributed by atoms with van der Waals surface area (Å²) in [6.07, 6.45) is 1.65. The molecule has 2 heteroatoms. The van der Waals surface area contributed by atoms with E-state index in [4.69, 9.17) is 11.6 Å². The van der Waals surface area contributed by atoms with E-state index in [0.29, 0.717) is 22.9 Å². The second kappa shape index (κ2) is 6.21. The fourth-order valence-electron chi connectivity index (χ4n) is 2.16. The monoisotopic (exact) mass is 276 g/mol. The molecule has 0 saturated heterocycles. The maximum Gasteiger partial charge on any atom is 0.126 e. The van der Waals surface area contributed by atoms with Crippen LogP contribution >= 0.6 is 11.6 Å². The fraction of sp³-hybridized carbons (Fsp3) is 0.294. The minimum Gasteiger partial charge on any atom is -0.207 e. The van der Waals surface area contributed by atoms with Gasteiger partial charge in [-0.05, 0) is 47.2 Å². The summed E-state index contributed by atoms with van der Waals surface area (Å²) in [4.78, 5) is 0. The highest BCUT2D eigenvalue weighted by molar-refractivity contribution is 6.30. The van der Waals surface area contributed by atoms with Gasteiger partial charge in [0.2, 0.25) is 0 Å². The molecule has 2 aromatic rings. The molecule has 0 amide bonds. The predicted molar refractivity (Wildman–Crippen MR) is 79.2 cm³/mol. The Labute approximate surface area is 119 Å². The van der Waals surface area contributed by atoms with Crippen LogP contribution in [0.1, 0.15) is 30.5 Å². The Hall–Kier alpha value is -1.34. The highest BCUT2D eigenvalue weighted by Gasteiger charge is 2.05. The average Bonchev–Trinajstić information content (AvgIpc) is 2.35. The number of hydrogen-bond acceptors (Lipinski definition) is 0. The van der Waals surface area contributed by atoms with Crippen molar-refractivity contribution in [3.05, 3.63) is 70.0 Å². The van der Waals surface area contributed by atoms with Gasteiger partial charge in [0.15, 0.2) is 0 Å². The van der Waals surface area contributed by atoms with Crippen LogP contribution < -0.4 is 0 Å². The van der Waals surface area contributed by atoms with E-state index in [1.165, 1.54) is 11.6 Å². The van der Waals surface area contributed by atoms with Crippen molar-refractivity contribution in [1.29, 1.82) is 0 Å². The third-order valence-corrected chi connectivity index (χ3v) is 3.30. The Morgan fingerprint density at radius 1 is 1.00 bits per heavy atom. The van der Waals surface area contributed by atoms with Gasteiger partial charge in [-0.3, -0.25) is 0 Å². The van der Waals surface area contributed by atoms with Crippen molar-refractivity contribution in [2.75, 3.05) is 0 Å². The van der Waals surface area contributed by atoms with Crippen molar-refractivity contribution in [2.45, 2.75) is 26.7 Å². The van der Waals surface area contributed by atoms with E-state index in [0.717, 1.165) is 12.0 Å². The van der Waals surface area contributed by atoms with Crippen molar-refractivity contribution in [2.24, 2.45) is 5.92 Å². The van der Waals surface area contributed by atoms with Crippen molar-refractivity contribution in [1.82, 2.24) is 0 Å². The first-order chi connectivity index (χ1) is 9.04. The van der Waals surface area contributed by atoms with Gasteiger partial charge in [-0.2, -0.15) is 0 Å². The predicted octanol–water partition coefficient (Wildman–Crippen LogP) is 5.27. The lowest BCUT2D eigenvalue weighted by Gasteiger charge is -2.07. The van der Waals surface area contributed by atoms with Crippen LogP contribution in [0.3, 0.4) is 0 Å². The van der Waals surface area contributed by atoms with Crippen molar-refractivity contribution >= 4 is 11.6 Å². The molecule has 0 aromatic heterocycles. The quantitative estimate of drug-likeness (QED) is 0.714. The van der Waals surface area contributed by atoms with Gasteiger partial charge in [0.25, 0.3) is 0 Å². The van der Waals surface area contributed by atoms with Crippen molar-refractivity contribution in [3.8, 4) is 0 Å². The average molecular weight is 277 g/mol. The zero-order chi connectivity index (χ0) is 13.8. The molecule has 0 aliphatic heterocycles. The Balaban J connectivity index is 2.13. The summed E-state index contributed by atoms with van der Waals surface area (Å²) in [5, 5.41) is 0.577. The summed E-state index contributed by atoms with van der Waals surface area (Å²) in [6, 6.07) is 13.1. The second-order valence-electron chi connectivity index (χ2n) is 5.33. The van der Waals surface area contributed by atoms with Gasteiger partial charge < -0.3 is 0 Å². The Morgan fingerprint density at radius 2 is 1.63 bits per heavy atom. The zero-order valence-electron chi connectivity index (χ0n) is 11.3. The Bertz CT molecular complexity index is 544. The largest absolute Gasteiger partial charge is 0.207 e. The van der Waals surface area contributed by atoms with Gasteiger partial charge in [0, 0.05) is 11.4 Å². The molecule has 0 bridgehead atoms. The lowest BCUT2D eigenvalue weighted by atomic mass is 9.99. The molecular formula is C17H18ClF. The van der Waals surface area contributed by atoms with Gasteiger partial charge in [-0.1, -0.05) is 49.7 Å². The summed E-state index contributed by atoms with van der Waals surface area (Å²) < 4.78 is 13.6. The molecule has 19 heavy (non-hydrogen) atoms. The van der Waals surface area contributed by atoms with Gasteiger partial charge in [-0.25, -0.2) is 4.39 Å². The van der Waals surface area contributed by atoms with Crippen LogP contribution in [0.15, 0.2) is 42.5 Å². The molecule has 0 unspecified atom stereocenters.